The molecule has 0 spiro atoms. The first kappa shape index (κ1) is 14.0. The van der Waals surface area contributed by atoms with E-state index in [0.29, 0.717) is 13.2 Å². The highest BCUT2D eigenvalue weighted by molar-refractivity contribution is 5.92. The zero-order valence-electron chi connectivity index (χ0n) is 11.3. The number of para-hydroxylation sites is 1. The summed E-state index contributed by atoms with van der Waals surface area (Å²) < 4.78 is 5.13. The van der Waals surface area contributed by atoms with Crippen molar-refractivity contribution in [3.05, 3.63) is 29.8 Å². The van der Waals surface area contributed by atoms with Crippen LogP contribution in [-0.2, 0) is 16.1 Å². The largest absolute Gasteiger partial charge is 0.380 e. The summed E-state index contributed by atoms with van der Waals surface area (Å²) >= 11 is 0. The summed E-state index contributed by atoms with van der Waals surface area (Å²) in [6.07, 6.45) is 0. The van der Waals surface area contributed by atoms with Crippen LogP contribution in [0, 0.1) is 0 Å². The highest BCUT2D eigenvalue weighted by Crippen LogP contribution is 2.15. The van der Waals surface area contributed by atoms with Gasteiger partial charge >= 0.3 is 0 Å². The van der Waals surface area contributed by atoms with Gasteiger partial charge in [-0.15, -0.1) is 0 Å². The van der Waals surface area contributed by atoms with Crippen LogP contribution in [0.2, 0.25) is 0 Å². The lowest BCUT2D eigenvalue weighted by atomic mass is 10.2. The summed E-state index contributed by atoms with van der Waals surface area (Å²) in [6.45, 7) is 4.70. The van der Waals surface area contributed by atoms with E-state index in [2.05, 4.69) is 15.5 Å². The van der Waals surface area contributed by atoms with Crippen molar-refractivity contribution in [2.75, 3.05) is 45.2 Å². The monoisotopic (exact) mass is 263 g/mol. The van der Waals surface area contributed by atoms with Crippen LogP contribution in [0.5, 0.6) is 0 Å². The number of nitrogens with zero attached hydrogens (tertiary/aromatic N) is 1. The number of rotatable bonds is 5. The number of carbonyl (C=O) groups excluding carboxylic acids is 1. The van der Waals surface area contributed by atoms with Gasteiger partial charge in [0.2, 0.25) is 5.91 Å². The molecule has 0 aromatic heterocycles. The van der Waals surface area contributed by atoms with Gasteiger partial charge in [-0.25, -0.2) is 0 Å². The Bertz CT molecular complexity index is 417. The van der Waals surface area contributed by atoms with Gasteiger partial charge in [-0.2, -0.15) is 0 Å². The molecule has 0 aliphatic carbocycles. The minimum absolute atomic E-state index is 0.0328. The van der Waals surface area contributed by atoms with Gasteiger partial charge in [-0.05, 0) is 6.07 Å². The molecule has 0 saturated carbocycles. The molecule has 0 radical (unpaired) electrons. The molecule has 5 heteroatoms. The number of anilines is 1. The van der Waals surface area contributed by atoms with Crippen molar-refractivity contribution in [1.82, 2.24) is 10.2 Å². The summed E-state index contributed by atoms with van der Waals surface area (Å²) in [5.41, 5.74) is 1.84. The summed E-state index contributed by atoms with van der Waals surface area (Å²) in [4.78, 5) is 14.2. The second kappa shape index (κ2) is 7.23. The third-order valence-electron chi connectivity index (χ3n) is 3.17. The van der Waals surface area contributed by atoms with E-state index in [1.165, 1.54) is 0 Å². The van der Waals surface area contributed by atoms with E-state index in [1.807, 2.05) is 24.3 Å². The lowest BCUT2D eigenvalue weighted by Gasteiger charge is -2.26. The molecule has 1 fully saturated rings. The maximum absolute atomic E-state index is 12.0. The van der Waals surface area contributed by atoms with E-state index in [4.69, 9.17) is 4.74 Å². The molecule has 0 atom stereocenters. The number of ether oxygens (including phenoxy) is 1. The molecule has 1 aliphatic heterocycles. The zero-order valence-corrected chi connectivity index (χ0v) is 11.3. The molecule has 104 valence electrons. The Morgan fingerprint density at radius 2 is 2.11 bits per heavy atom. The van der Waals surface area contributed by atoms with Crippen molar-refractivity contribution in [2.45, 2.75) is 6.61 Å². The minimum Gasteiger partial charge on any atom is -0.380 e. The van der Waals surface area contributed by atoms with E-state index in [9.17, 15) is 4.79 Å². The van der Waals surface area contributed by atoms with Crippen molar-refractivity contribution < 1.29 is 9.53 Å². The van der Waals surface area contributed by atoms with Gasteiger partial charge in [0.1, 0.15) is 0 Å². The summed E-state index contributed by atoms with van der Waals surface area (Å²) in [6, 6.07) is 7.73. The fourth-order valence-corrected chi connectivity index (χ4v) is 2.19. The smallest absolute Gasteiger partial charge is 0.238 e. The molecular formula is C14H21N3O2. The lowest BCUT2D eigenvalue weighted by Crippen LogP contribution is -2.46. The third-order valence-corrected chi connectivity index (χ3v) is 3.17. The first-order valence-corrected chi connectivity index (χ1v) is 6.59. The summed E-state index contributed by atoms with van der Waals surface area (Å²) in [5.74, 6) is 0.0328. The second-order valence-corrected chi connectivity index (χ2v) is 4.66. The Labute approximate surface area is 113 Å². The molecule has 1 saturated heterocycles. The molecular weight excluding hydrogens is 242 g/mol. The average molecular weight is 263 g/mol. The number of amides is 1. The van der Waals surface area contributed by atoms with Crippen LogP contribution in [0.1, 0.15) is 5.56 Å². The van der Waals surface area contributed by atoms with Gasteiger partial charge < -0.3 is 15.4 Å². The van der Waals surface area contributed by atoms with Crippen LogP contribution in [0.3, 0.4) is 0 Å². The lowest BCUT2D eigenvalue weighted by molar-refractivity contribution is -0.117. The van der Waals surface area contributed by atoms with Crippen LogP contribution in [0.25, 0.3) is 0 Å². The van der Waals surface area contributed by atoms with Crippen molar-refractivity contribution in [1.29, 1.82) is 0 Å². The predicted molar refractivity (Wildman–Crippen MR) is 75.1 cm³/mol. The average Bonchev–Trinajstić information content (AvgIpc) is 2.42. The standard InChI is InChI=1S/C14H21N3O2/c1-19-11-12-4-2-3-5-13(12)16-14(18)10-17-8-6-15-7-9-17/h2-5,15H,6-11H2,1H3,(H,16,18). The van der Waals surface area contributed by atoms with Gasteiger partial charge in [0, 0.05) is 44.5 Å². The third kappa shape index (κ3) is 4.31. The van der Waals surface area contributed by atoms with E-state index < -0.39 is 0 Å². The summed E-state index contributed by atoms with van der Waals surface area (Å²) in [7, 11) is 1.65. The van der Waals surface area contributed by atoms with Gasteiger partial charge in [-0.1, -0.05) is 18.2 Å². The molecule has 2 N–H and O–H groups in total. The molecule has 5 nitrogen and oxygen atoms in total. The van der Waals surface area contributed by atoms with E-state index in [-0.39, 0.29) is 5.91 Å². The Morgan fingerprint density at radius 1 is 1.37 bits per heavy atom. The van der Waals surface area contributed by atoms with Crippen LogP contribution in [0.15, 0.2) is 24.3 Å². The zero-order chi connectivity index (χ0) is 13.5. The quantitative estimate of drug-likeness (QED) is 0.820. The number of carbonyl (C=O) groups is 1. The highest BCUT2D eigenvalue weighted by Gasteiger charge is 2.14. The van der Waals surface area contributed by atoms with Crippen LogP contribution in [0.4, 0.5) is 5.69 Å². The number of benzene rings is 1. The van der Waals surface area contributed by atoms with Crippen LogP contribution >= 0.6 is 0 Å². The SMILES string of the molecule is COCc1ccccc1NC(=O)CN1CCNCC1. The van der Waals surface area contributed by atoms with Crippen molar-refractivity contribution in [2.24, 2.45) is 0 Å². The normalized spacial score (nSPS) is 16.3. The molecule has 1 aromatic carbocycles. The maximum atomic E-state index is 12.0. The molecule has 2 rings (SSSR count). The fourth-order valence-electron chi connectivity index (χ4n) is 2.19. The number of hydrogen-bond acceptors (Lipinski definition) is 4. The molecule has 0 unspecified atom stereocenters. The molecule has 19 heavy (non-hydrogen) atoms. The minimum atomic E-state index is 0.0328. The number of piperazine rings is 1. The molecule has 1 heterocycles. The second-order valence-electron chi connectivity index (χ2n) is 4.66. The van der Waals surface area contributed by atoms with Crippen molar-refractivity contribution >= 4 is 11.6 Å². The first-order valence-electron chi connectivity index (χ1n) is 6.59. The maximum Gasteiger partial charge on any atom is 0.238 e. The van der Waals surface area contributed by atoms with Crippen LogP contribution < -0.4 is 10.6 Å². The highest BCUT2D eigenvalue weighted by atomic mass is 16.5. The Hall–Kier alpha value is -1.43. The Balaban J connectivity index is 1.90. The summed E-state index contributed by atoms with van der Waals surface area (Å²) in [5, 5.41) is 6.24. The van der Waals surface area contributed by atoms with E-state index in [1.54, 1.807) is 7.11 Å². The predicted octanol–water partition coefficient (Wildman–Crippen LogP) is 0.677. The molecule has 1 aliphatic rings. The number of nitrogens with one attached hydrogen (secondary N) is 2. The topological polar surface area (TPSA) is 53.6 Å². The van der Waals surface area contributed by atoms with Gasteiger partial charge in [0.05, 0.1) is 13.2 Å². The van der Waals surface area contributed by atoms with E-state index >= 15 is 0 Å². The fraction of sp³-hybridized carbons (Fsp3) is 0.500. The van der Waals surface area contributed by atoms with Crippen LogP contribution in [-0.4, -0.2) is 50.6 Å². The Kier molecular flexibility index (Phi) is 5.32. The Morgan fingerprint density at radius 3 is 2.84 bits per heavy atom. The number of hydrogen-bond donors (Lipinski definition) is 2. The van der Waals surface area contributed by atoms with Gasteiger partial charge in [-0.3, -0.25) is 9.69 Å². The van der Waals surface area contributed by atoms with Gasteiger partial charge in [0.15, 0.2) is 0 Å². The number of methoxy groups -OCH3 is 1. The van der Waals surface area contributed by atoms with Gasteiger partial charge in [0.25, 0.3) is 0 Å². The van der Waals surface area contributed by atoms with Crippen molar-refractivity contribution in [3.8, 4) is 0 Å². The van der Waals surface area contributed by atoms with E-state index in [0.717, 1.165) is 37.4 Å². The molecule has 0 bridgehead atoms. The molecule has 1 aromatic rings. The van der Waals surface area contributed by atoms with Crippen molar-refractivity contribution in [3.63, 3.8) is 0 Å². The molecule has 1 amide bonds. The first-order chi connectivity index (χ1) is 9.29.